The quantitative estimate of drug-likeness (QED) is 0.416. The molecule has 5 heteroatoms. The third-order valence-corrected chi connectivity index (χ3v) is 1.92. The number of hydrogen-bond acceptors (Lipinski definition) is 5. The van der Waals surface area contributed by atoms with Crippen LogP contribution in [-0.2, 0) is 16.1 Å². The van der Waals surface area contributed by atoms with E-state index in [2.05, 4.69) is 10.4 Å². The number of nitrogens with two attached hydrogens (primary N) is 1. The van der Waals surface area contributed by atoms with Gasteiger partial charge in [0.25, 0.3) is 0 Å². The van der Waals surface area contributed by atoms with Crippen LogP contribution >= 0.6 is 0 Å². The van der Waals surface area contributed by atoms with Crippen molar-refractivity contribution in [3.8, 4) is 0 Å². The lowest BCUT2D eigenvalue weighted by Gasteiger charge is -2.08. The van der Waals surface area contributed by atoms with E-state index in [9.17, 15) is 0 Å². The standard InChI is InChI=1S/C11H19N3O2/c1-9(2)16-6-5-15-8-10-3-4-13-11(7-10)14-12/h3-4,7,9H,5-6,8,12H2,1-2H3,(H,13,14). The molecule has 0 amide bonds. The van der Waals surface area contributed by atoms with Crippen LogP contribution in [0.5, 0.6) is 0 Å². The summed E-state index contributed by atoms with van der Waals surface area (Å²) >= 11 is 0. The summed E-state index contributed by atoms with van der Waals surface area (Å²) in [6.45, 7) is 5.75. The number of nitrogens with zero attached hydrogens (tertiary/aromatic N) is 1. The molecule has 1 aromatic heterocycles. The van der Waals surface area contributed by atoms with E-state index in [4.69, 9.17) is 15.3 Å². The molecule has 0 atom stereocenters. The van der Waals surface area contributed by atoms with Gasteiger partial charge < -0.3 is 14.9 Å². The number of hydrogen-bond donors (Lipinski definition) is 2. The smallest absolute Gasteiger partial charge is 0.140 e. The maximum Gasteiger partial charge on any atom is 0.140 e. The van der Waals surface area contributed by atoms with E-state index < -0.39 is 0 Å². The normalized spacial score (nSPS) is 10.8. The summed E-state index contributed by atoms with van der Waals surface area (Å²) in [5.41, 5.74) is 3.53. The Kier molecular flexibility index (Phi) is 5.77. The summed E-state index contributed by atoms with van der Waals surface area (Å²) in [4.78, 5) is 4.01. The number of nitrogen functional groups attached to an aromatic ring is 1. The Morgan fingerprint density at radius 3 is 2.94 bits per heavy atom. The Balaban J connectivity index is 2.21. The zero-order valence-electron chi connectivity index (χ0n) is 9.77. The molecule has 0 bridgehead atoms. The molecule has 0 aromatic carbocycles. The second kappa shape index (κ2) is 7.16. The van der Waals surface area contributed by atoms with Crippen molar-refractivity contribution < 1.29 is 9.47 Å². The second-order valence-electron chi connectivity index (χ2n) is 3.67. The van der Waals surface area contributed by atoms with E-state index in [1.807, 2.05) is 26.0 Å². The summed E-state index contributed by atoms with van der Waals surface area (Å²) in [5, 5.41) is 0. The van der Waals surface area contributed by atoms with E-state index in [1.54, 1.807) is 6.20 Å². The SMILES string of the molecule is CC(C)OCCOCc1ccnc(NN)c1. The number of nitrogens with one attached hydrogen (secondary N) is 1. The van der Waals surface area contributed by atoms with Gasteiger partial charge in [-0.1, -0.05) is 0 Å². The highest BCUT2D eigenvalue weighted by Gasteiger charge is 1.97. The van der Waals surface area contributed by atoms with Gasteiger partial charge in [-0.2, -0.15) is 0 Å². The van der Waals surface area contributed by atoms with Gasteiger partial charge in [-0.15, -0.1) is 0 Å². The molecule has 0 aliphatic rings. The van der Waals surface area contributed by atoms with E-state index in [0.29, 0.717) is 25.6 Å². The number of rotatable bonds is 7. The van der Waals surface area contributed by atoms with E-state index in [1.165, 1.54) is 0 Å². The van der Waals surface area contributed by atoms with Gasteiger partial charge in [-0.3, -0.25) is 0 Å². The molecule has 0 radical (unpaired) electrons. The fourth-order valence-corrected chi connectivity index (χ4v) is 1.18. The number of ether oxygens (including phenoxy) is 2. The van der Waals surface area contributed by atoms with E-state index >= 15 is 0 Å². The molecule has 0 unspecified atom stereocenters. The molecule has 0 saturated carbocycles. The Morgan fingerprint density at radius 1 is 1.44 bits per heavy atom. The minimum absolute atomic E-state index is 0.248. The summed E-state index contributed by atoms with van der Waals surface area (Å²) in [6.07, 6.45) is 1.94. The Bertz CT molecular complexity index is 305. The fourth-order valence-electron chi connectivity index (χ4n) is 1.18. The van der Waals surface area contributed by atoms with Crippen LogP contribution in [0.2, 0.25) is 0 Å². The van der Waals surface area contributed by atoms with Gasteiger partial charge in [-0.05, 0) is 31.5 Å². The van der Waals surface area contributed by atoms with Crippen molar-refractivity contribution in [2.24, 2.45) is 5.84 Å². The molecule has 1 rings (SSSR count). The first kappa shape index (κ1) is 12.9. The minimum atomic E-state index is 0.248. The van der Waals surface area contributed by atoms with Gasteiger partial charge in [-0.25, -0.2) is 10.8 Å². The lowest BCUT2D eigenvalue weighted by molar-refractivity contribution is 0.0143. The number of hydrazine groups is 1. The van der Waals surface area contributed by atoms with Gasteiger partial charge in [0.15, 0.2) is 0 Å². The lowest BCUT2D eigenvalue weighted by Crippen LogP contribution is -2.10. The van der Waals surface area contributed by atoms with Crippen LogP contribution < -0.4 is 11.3 Å². The average molecular weight is 225 g/mol. The zero-order valence-corrected chi connectivity index (χ0v) is 9.77. The van der Waals surface area contributed by atoms with Crippen LogP contribution in [0.15, 0.2) is 18.3 Å². The highest BCUT2D eigenvalue weighted by molar-refractivity contribution is 5.35. The Hall–Kier alpha value is -1.17. The van der Waals surface area contributed by atoms with Crippen molar-refractivity contribution in [1.82, 2.24) is 4.98 Å². The number of aromatic nitrogens is 1. The Morgan fingerprint density at radius 2 is 2.25 bits per heavy atom. The highest BCUT2D eigenvalue weighted by atomic mass is 16.5. The number of anilines is 1. The highest BCUT2D eigenvalue weighted by Crippen LogP contribution is 2.06. The van der Waals surface area contributed by atoms with Crippen molar-refractivity contribution in [2.45, 2.75) is 26.6 Å². The molecule has 5 nitrogen and oxygen atoms in total. The molecule has 16 heavy (non-hydrogen) atoms. The van der Waals surface area contributed by atoms with E-state index in [0.717, 1.165) is 5.56 Å². The molecule has 0 fully saturated rings. The fraction of sp³-hybridized carbons (Fsp3) is 0.545. The summed E-state index contributed by atoms with van der Waals surface area (Å²) in [5.74, 6) is 5.89. The zero-order chi connectivity index (χ0) is 11.8. The first-order valence-electron chi connectivity index (χ1n) is 5.33. The second-order valence-corrected chi connectivity index (χ2v) is 3.67. The minimum Gasteiger partial charge on any atom is -0.376 e. The molecule has 0 aliphatic carbocycles. The molecule has 1 heterocycles. The molecule has 0 aliphatic heterocycles. The van der Waals surface area contributed by atoms with Gasteiger partial charge in [0.2, 0.25) is 0 Å². The van der Waals surface area contributed by atoms with Crippen molar-refractivity contribution in [3.05, 3.63) is 23.9 Å². The maximum atomic E-state index is 5.45. The largest absolute Gasteiger partial charge is 0.376 e. The molecule has 1 aromatic rings. The van der Waals surface area contributed by atoms with Crippen molar-refractivity contribution >= 4 is 5.82 Å². The summed E-state index contributed by atoms with van der Waals surface area (Å²) in [7, 11) is 0. The summed E-state index contributed by atoms with van der Waals surface area (Å²) in [6, 6.07) is 3.74. The van der Waals surface area contributed by atoms with Crippen molar-refractivity contribution in [3.63, 3.8) is 0 Å². The van der Waals surface area contributed by atoms with Crippen LogP contribution in [-0.4, -0.2) is 24.3 Å². The van der Waals surface area contributed by atoms with Crippen molar-refractivity contribution in [1.29, 1.82) is 0 Å². The Labute approximate surface area is 95.9 Å². The first-order valence-corrected chi connectivity index (χ1v) is 5.33. The summed E-state index contributed by atoms with van der Waals surface area (Å²) < 4.78 is 10.8. The van der Waals surface area contributed by atoms with Gasteiger partial charge in [0, 0.05) is 6.20 Å². The molecule has 90 valence electrons. The van der Waals surface area contributed by atoms with Crippen molar-refractivity contribution in [2.75, 3.05) is 18.6 Å². The third kappa shape index (κ3) is 5.06. The van der Waals surface area contributed by atoms with E-state index in [-0.39, 0.29) is 6.10 Å². The van der Waals surface area contributed by atoms with Crippen LogP contribution in [0.1, 0.15) is 19.4 Å². The third-order valence-electron chi connectivity index (χ3n) is 1.92. The molecular weight excluding hydrogens is 206 g/mol. The molecule has 3 N–H and O–H groups in total. The monoisotopic (exact) mass is 225 g/mol. The predicted molar refractivity (Wildman–Crippen MR) is 62.8 cm³/mol. The predicted octanol–water partition coefficient (Wildman–Crippen LogP) is 1.31. The van der Waals surface area contributed by atoms with Gasteiger partial charge in [0.05, 0.1) is 25.9 Å². The molecule has 0 saturated heterocycles. The van der Waals surface area contributed by atoms with Crippen LogP contribution in [0, 0.1) is 0 Å². The van der Waals surface area contributed by atoms with Gasteiger partial charge >= 0.3 is 0 Å². The maximum absolute atomic E-state index is 5.45. The molecular formula is C11H19N3O2. The topological polar surface area (TPSA) is 69.4 Å². The van der Waals surface area contributed by atoms with Crippen LogP contribution in [0.4, 0.5) is 5.82 Å². The molecule has 0 spiro atoms. The number of pyridine rings is 1. The van der Waals surface area contributed by atoms with Crippen LogP contribution in [0.3, 0.4) is 0 Å². The van der Waals surface area contributed by atoms with Gasteiger partial charge in [0.1, 0.15) is 5.82 Å². The lowest BCUT2D eigenvalue weighted by atomic mass is 10.3. The van der Waals surface area contributed by atoms with Crippen LogP contribution in [0.25, 0.3) is 0 Å². The average Bonchev–Trinajstić information content (AvgIpc) is 2.28. The first-order chi connectivity index (χ1) is 7.72.